The highest BCUT2D eigenvalue weighted by atomic mass is 32.2. The molecule has 2 rings (SSSR count). The standard InChI is InChI=1S/C15H23N3O3S/c1-10-4-9-14(11(2)16-10)18-15(19)17-12-5-7-13(8-6-12)22(3,20)21/h4,9,12-13H,5-8H2,1-3H3,(H2,17,18,19). The van der Waals surface area contributed by atoms with Gasteiger partial charge in [-0.2, -0.15) is 0 Å². The molecule has 0 saturated heterocycles. The monoisotopic (exact) mass is 325 g/mol. The van der Waals surface area contributed by atoms with E-state index in [-0.39, 0.29) is 17.3 Å². The first-order chi connectivity index (χ1) is 10.3. The van der Waals surface area contributed by atoms with Crippen molar-refractivity contribution in [1.29, 1.82) is 0 Å². The Bertz CT molecular complexity index is 650. The van der Waals surface area contributed by atoms with Gasteiger partial charge in [0.15, 0.2) is 0 Å². The van der Waals surface area contributed by atoms with Crippen LogP contribution >= 0.6 is 0 Å². The van der Waals surface area contributed by atoms with Crippen molar-refractivity contribution in [2.24, 2.45) is 0 Å². The van der Waals surface area contributed by atoms with Gasteiger partial charge in [-0.15, -0.1) is 0 Å². The number of urea groups is 1. The number of hydrogen-bond donors (Lipinski definition) is 2. The number of sulfone groups is 1. The smallest absolute Gasteiger partial charge is 0.319 e. The molecule has 122 valence electrons. The maximum absolute atomic E-state index is 12.0. The lowest BCUT2D eigenvalue weighted by Crippen LogP contribution is -2.42. The van der Waals surface area contributed by atoms with Crippen LogP contribution in [0.15, 0.2) is 12.1 Å². The summed E-state index contributed by atoms with van der Waals surface area (Å²) < 4.78 is 23.0. The van der Waals surface area contributed by atoms with Crippen LogP contribution in [0.3, 0.4) is 0 Å². The fraction of sp³-hybridized carbons (Fsp3) is 0.600. The molecular formula is C15H23N3O3S. The molecule has 1 aliphatic carbocycles. The summed E-state index contributed by atoms with van der Waals surface area (Å²) in [5.74, 6) is 0. The van der Waals surface area contributed by atoms with Crippen LogP contribution in [0.2, 0.25) is 0 Å². The minimum absolute atomic E-state index is 0.0247. The maximum atomic E-state index is 12.0. The van der Waals surface area contributed by atoms with Gasteiger partial charge in [0, 0.05) is 18.0 Å². The number of anilines is 1. The van der Waals surface area contributed by atoms with Crippen LogP contribution in [-0.4, -0.2) is 37.0 Å². The van der Waals surface area contributed by atoms with E-state index >= 15 is 0 Å². The van der Waals surface area contributed by atoms with Crippen molar-refractivity contribution in [1.82, 2.24) is 10.3 Å². The predicted octanol–water partition coefficient (Wildman–Crippen LogP) is 2.18. The molecule has 1 aromatic heterocycles. The van der Waals surface area contributed by atoms with Crippen LogP contribution in [0.25, 0.3) is 0 Å². The number of nitrogens with zero attached hydrogens (tertiary/aromatic N) is 1. The number of carbonyl (C=O) groups is 1. The molecule has 1 saturated carbocycles. The topological polar surface area (TPSA) is 88.2 Å². The Morgan fingerprint density at radius 3 is 2.36 bits per heavy atom. The van der Waals surface area contributed by atoms with E-state index in [1.807, 2.05) is 26.0 Å². The van der Waals surface area contributed by atoms with Crippen molar-refractivity contribution in [3.63, 3.8) is 0 Å². The Kier molecular flexibility index (Phi) is 5.05. The van der Waals surface area contributed by atoms with Gasteiger partial charge in [0.25, 0.3) is 0 Å². The van der Waals surface area contributed by atoms with E-state index < -0.39 is 9.84 Å². The number of hydrogen-bond acceptors (Lipinski definition) is 4. The van der Waals surface area contributed by atoms with E-state index in [0.29, 0.717) is 31.4 Å². The molecule has 0 radical (unpaired) electrons. The molecule has 1 fully saturated rings. The van der Waals surface area contributed by atoms with Gasteiger partial charge in [0.05, 0.1) is 16.6 Å². The zero-order valence-electron chi connectivity index (χ0n) is 13.2. The quantitative estimate of drug-likeness (QED) is 0.891. The molecule has 22 heavy (non-hydrogen) atoms. The largest absolute Gasteiger partial charge is 0.335 e. The number of aryl methyl sites for hydroxylation is 2. The van der Waals surface area contributed by atoms with E-state index in [1.54, 1.807) is 0 Å². The van der Waals surface area contributed by atoms with Crippen molar-refractivity contribution in [3.8, 4) is 0 Å². The van der Waals surface area contributed by atoms with Crippen LogP contribution in [0.5, 0.6) is 0 Å². The molecular weight excluding hydrogens is 302 g/mol. The molecule has 1 aliphatic rings. The fourth-order valence-electron chi connectivity index (χ4n) is 2.80. The van der Waals surface area contributed by atoms with E-state index in [1.165, 1.54) is 6.26 Å². The third kappa shape index (κ3) is 4.43. The number of nitrogens with one attached hydrogen (secondary N) is 2. The van der Waals surface area contributed by atoms with Gasteiger partial charge in [0.1, 0.15) is 9.84 Å². The van der Waals surface area contributed by atoms with E-state index in [2.05, 4.69) is 15.6 Å². The normalized spacial score (nSPS) is 22.1. The van der Waals surface area contributed by atoms with Crippen molar-refractivity contribution in [3.05, 3.63) is 23.5 Å². The van der Waals surface area contributed by atoms with E-state index in [9.17, 15) is 13.2 Å². The minimum Gasteiger partial charge on any atom is -0.335 e. The molecule has 2 N–H and O–H groups in total. The maximum Gasteiger partial charge on any atom is 0.319 e. The Balaban J connectivity index is 1.86. The van der Waals surface area contributed by atoms with Crippen LogP contribution in [-0.2, 0) is 9.84 Å². The highest BCUT2D eigenvalue weighted by Gasteiger charge is 2.28. The summed E-state index contributed by atoms with van der Waals surface area (Å²) in [4.78, 5) is 16.3. The number of rotatable bonds is 3. The zero-order valence-corrected chi connectivity index (χ0v) is 14.0. The lowest BCUT2D eigenvalue weighted by molar-refractivity contribution is 0.244. The fourth-order valence-corrected chi connectivity index (χ4v) is 3.93. The second-order valence-electron chi connectivity index (χ2n) is 5.99. The number of aromatic nitrogens is 1. The van der Waals surface area contributed by atoms with Gasteiger partial charge < -0.3 is 10.6 Å². The molecule has 0 unspecified atom stereocenters. The minimum atomic E-state index is -2.97. The average Bonchev–Trinajstić information content (AvgIpc) is 2.41. The van der Waals surface area contributed by atoms with Crippen LogP contribution in [0.4, 0.5) is 10.5 Å². The second-order valence-corrected chi connectivity index (χ2v) is 8.31. The van der Waals surface area contributed by atoms with Crippen LogP contribution in [0, 0.1) is 13.8 Å². The van der Waals surface area contributed by atoms with E-state index in [4.69, 9.17) is 0 Å². The summed E-state index contributed by atoms with van der Waals surface area (Å²) >= 11 is 0. The van der Waals surface area contributed by atoms with Gasteiger partial charge >= 0.3 is 6.03 Å². The molecule has 1 heterocycles. The van der Waals surface area contributed by atoms with Gasteiger partial charge in [-0.1, -0.05) is 0 Å². The van der Waals surface area contributed by atoms with Crippen molar-refractivity contribution < 1.29 is 13.2 Å². The summed E-state index contributed by atoms with van der Waals surface area (Å²) in [5.41, 5.74) is 2.37. The molecule has 0 spiro atoms. The number of pyridine rings is 1. The lowest BCUT2D eigenvalue weighted by Gasteiger charge is -2.28. The lowest BCUT2D eigenvalue weighted by atomic mass is 9.95. The SMILES string of the molecule is Cc1ccc(NC(=O)NC2CCC(S(C)(=O)=O)CC2)c(C)n1. The first-order valence-corrected chi connectivity index (χ1v) is 9.42. The summed E-state index contributed by atoms with van der Waals surface area (Å²) in [6.07, 6.45) is 3.88. The summed E-state index contributed by atoms with van der Waals surface area (Å²) in [5, 5.41) is 5.44. The Labute approximate surface area is 131 Å². The highest BCUT2D eigenvalue weighted by molar-refractivity contribution is 7.91. The molecule has 6 nitrogen and oxygen atoms in total. The van der Waals surface area contributed by atoms with Gasteiger partial charge in [-0.3, -0.25) is 4.98 Å². The van der Waals surface area contributed by atoms with E-state index in [0.717, 1.165) is 11.4 Å². The Morgan fingerprint density at radius 2 is 1.82 bits per heavy atom. The molecule has 0 bridgehead atoms. The van der Waals surface area contributed by atoms with Crippen molar-refractivity contribution in [2.75, 3.05) is 11.6 Å². The second kappa shape index (κ2) is 6.64. The Morgan fingerprint density at radius 1 is 1.18 bits per heavy atom. The first-order valence-electron chi connectivity index (χ1n) is 7.46. The molecule has 0 atom stereocenters. The highest BCUT2D eigenvalue weighted by Crippen LogP contribution is 2.24. The molecule has 0 aromatic carbocycles. The van der Waals surface area contributed by atoms with Crippen molar-refractivity contribution >= 4 is 21.6 Å². The summed E-state index contributed by atoms with van der Waals surface area (Å²) in [7, 11) is -2.97. The van der Waals surface area contributed by atoms with Gasteiger partial charge in [-0.25, -0.2) is 13.2 Å². The van der Waals surface area contributed by atoms with Gasteiger partial charge in [-0.05, 0) is 51.7 Å². The van der Waals surface area contributed by atoms with Crippen LogP contribution < -0.4 is 10.6 Å². The molecule has 1 aromatic rings. The zero-order chi connectivity index (χ0) is 16.3. The van der Waals surface area contributed by atoms with Crippen LogP contribution in [0.1, 0.15) is 37.1 Å². The van der Waals surface area contributed by atoms with Gasteiger partial charge in [0.2, 0.25) is 0 Å². The average molecular weight is 325 g/mol. The first kappa shape index (κ1) is 16.7. The molecule has 2 amide bonds. The predicted molar refractivity (Wildman–Crippen MR) is 86.8 cm³/mol. The third-order valence-electron chi connectivity index (χ3n) is 4.09. The third-order valence-corrected chi connectivity index (χ3v) is 5.77. The molecule has 0 aliphatic heterocycles. The number of amides is 2. The Hall–Kier alpha value is -1.63. The van der Waals surface area contributed by atoms with Crippen molar-refractivity contribution in [2.45, 2.75) is 50.8 Å². The number of carbonyl (C=O) groups excluding carboxylic acids is 1. The summed E-state index contributed by atoms with van der Waals surface area (Å²) in [6, 6.07) is 3.44. The summed E-state index contributed by atoms with van der Waals surface area (Å²) in [6.45, 7) is 3.75. The molecule has 7 heteroatoms.